The molecule has 4 nitrogen and oxygen atoms in total. The predicted octanol–water partition coefficient (Wildman–Crippen LogP) is 3.60. The molecule has 0 spiro atoms. The minimum atomic E-state index is -5.13. The molecule has 0 saturated carbocycles. The highest BCUT2D eigenvalue weighted by Gasteiger charge is 2.38. The maximum atomic E-state index is 12.8. The van der Waals surface area contributed by atoms with Crippen molar-refractivity contribution in [2.24, 2.45) is 0 Å². The van der Waals surface area contributed by atoms with Crippen LogP contribution in [0.25, 0.3) is 0 Å². The lowest BCUT2D eigenvalue weighted by molar-refractivity contribution is -0.143. The molecule has 11 heteroatoms. The van der Waals surface area contributed by atoms with E-state index in [0.29, 0.717) is 0 Å². The molecule has 0 unspecified atom stereocenters. The fourth-order valence-corrected chi connectivity index (χ4v) is 2.91. The summed E-state index contributed by atoms with van der Waals surface area (Å²) in [7, 11) is -4.61. The van der Waals surface area contributed by atoms with E-state index in [2.05, 4.69) is 4.98 Å². The molecule has 25 heavy (non-hydrogen) atoms. The molecule has 1 aromatic heterocycles. The number of nitrogens with one attached hydrogen (secondary N) is 1. The zero-order valence-corrected chi connectivity index (χ0v) is 13.0. The number of rotatable bonds is 4. The predicted molar refractivity (Wildman–Crippen MR) is 74.7 cm³/mol. The van der Waals surface area contributed by atoms with E-state index in [1.165, 1.54) is 12.3 Å². The number of benzene rings is 1. The van der Waals surface area contributed by atoms with Crippen LogP contribution in [0.2, 0.25) is 0 Å². The molecule has 0 atom stereocenters. The van der Waals surface area contributed by atoms with Crippen LogP contribution in [0.5, 0.6) is 0 Å². The van der Waals surface area contributed by atoms with Crippen LogP contribution in [-0.4, -0.2) is 13.4 Å². The Bertz CT molecular complexity index is 816. The third-order valence-electron chi connectivity index (χ3n) is 3.04. The van der Waals surface area contributed by atoms with Crippen LogP contribution >= 0.6 is 0 Å². The van der Waals surface area contributed by atoms with Gasteiger partial charge in [0.1, 0.15) is 0 Å². The molecule has 0 aliphatic carbocycles. The quantitative estimate of drug-likeness (QED) is 0.820. The maximum Gasteiger partial charge on any atom is 0.416 e. The van der Waals surface area contributed by atoms with E-state index in [1.807, 2.05) is 4.72 Å². The summed E-state index contributed by atoms with van der Waals surface area (Å²) in [5.41, 5.74) is -3.17. The number of halogens is 6. The fourth-order valence-electron chi connectivity index (χ4n) is 1.84. The number of hydrogen-bond acceptors (Lipinski definition) is 3. The second kappa shape index (κ2) is 6.64. The van der Waals surface area contributed by atoms with Crippen molar-refractivity contribution >= 4 is 10.0 Å². The molecular weight excluding hydrogens is 374 g/mol. The largest absolute Gasteiger partial charge is 0.416 e. The van der Waals surface area contributed by atoms with Crippen LogP contribution in [0.1, 0.15) is 16.8 Å². The molecule has 2 aromatic rings. The Kier molecular flexibility index (Phi) is 5.09. The van der Waals surface area contributed by atoms with Gasteiger partial charge in [0.2, 0.25) is 10.0 Å². The average molecular weight is 384 g/mol. The summed E-state index contributed by atoms with van der Waals surface area (Å²) in [5.74, 6) is 0. The Morgan fingerprint density at radius 3 is 1.92 bits per heavy atom. The smallest absolute Gasteiger partial charge is 0.260 e. The zero-order valence-electron chi connectivity index (χ0n) is 12.2. The van der Waals surface area contributed by atoms with Crippen molar-refractivity contribution in [3.8, 4) is 0 Å². The third kappa shape index (κ3) is 4.92. The summed E-state index contributed by atoms with van der Waals surface area (Å²) in [4.78, 5) is 2.67. The van der Waals surface area contributed by atoms with Gasteiger partial charge < -0.3 is 0 Å². The van der Waals surface area contributed by atoms with Crippen LogP contribution in [-0.2, 0) is 28.9 Å². The van der Waals surface area contributed by atoms with Crippen LogP contribution in [0, 0.1) is 0 Å². The van der Waals surface area contributed by atoms with Gasteiger partial charge in [0.05, 0.1) is 28.3 Å². The Labute approximate surface area is 138 Å². The van der Waals surface area contributed by atoms with Gasteiger partial charge in [-0.15, -0.1) is 0 Å². The highest BCUT2D eigenvalue weighted by atomic mass is 32.2. The molecule has 1 heterocycles. The number of hydrogen-bond donors (Lipinski definition) is 1. The standard InChI is InChI=1S/C14H10F6N2O2S/c15-13(16,17)9-5-10(14(18,19)20)7-12(6-9)25(23,24)22-8-11-3-1-2-4-21-11/h1-7,22H,8H2. The summed E-state index contributed by atoms with van der Waals surface area (Å²) in [5, 5.41) is 0. The molecule has 0 aliphatic rings. The average Bonchev–Trinajstić information content (AvgIpc) is 2.52. The van der Waals surface area contributed by atoms with E-state index >= 15 is 0 Å². The lowest BCUT2D eigenvalue weighted by Crippen LogP contribution is -2.25. The van der Waals surface area contributed by atoms with Crippen molar-refractivity contribution in [3.63, 3.8) is 0 Å². The zero-order chi connectivity index (χ0) is 18.9. The molecule has 1 N–H and O–H groups in total. The Morgan fingerprint density at radius 2 is 1.48 bits per heavy atom. The Hall–Kier alpha value is -2.14. The Morgan fingerprint density at radius 1 is 0.920 bits per heavy atom. The van der Waals surface area contributed by atoms with Crippen LogP contribution < -0.4 is 4.72 Å². The summed E-state index contributed by atoms with van der Waals surface area (Å²) < 4.78 is 103. The van der Waals surface area contributed by atoms with E-state index < -0.39 is 38.4 Å². The Balaban J connectivity index is 2.42. The maximum absolute atomic E-state index is 12.8. The van der Waals surface area contributed by atoms with Gasteiger partial charge in [-0.3, -0.25) is 4.98 Å². The van der Waals surface area contributed by atoms with E-state index in [0.717, 1.165) is 0 Å². The normalized spacial score (nSPS) is 13.0. The van der Waals surface area contributed by atoms with Gasteiger partial charge in [0, 0.05) is 6.20 Å². The van der Waals surface area contributed by atoms with Gasteiger partial charge in [-0.1, -0.05) is 6.07 Å². The number of nitrogens with zero attached hydrogens (tertiary/aromatic N) is 1. The lowest BCUT2D eigenvalue weighted by atomic mass is 10.1. The second-order valence-electron chi connectivity index (χ2n) is 4.89. The monoisotopic (exact) mass is 384 g/mol. The molecule has 0 saturated heterocycles. The first-order chi connectivity index (χ1) is 11.4. The first-order valence-electron chi connectivity index (χ1n) is 6.59. The topological polar surface area (TPSA) is 59.1 Å². The number of alkyl halides is 6. The molecule has 0 aliphatic heterocycles. The first-order valence-corrected chi connectivity index (χ1v) is 8.07. The highest BCUT2D eigenvalue weighted by molar-refractivity contribution is 7.89. The summed E-state index contributed by atoms with van der Waals surface area (Å²) in [6, 6.07) is 4.70. The van der Waals surface area contributed by atoms with Crippen molar-refractivity contribution in [1.82, 2.24) is 9.71 Å². The van der Waals surface area contributed by atoms with Crippen molar-refractivity contribution in [2.75, 3.05) is 0 Å². The molecule has 136 valence electrons. The van der Waals surface area contributed by atoms with Gasteiger partial charge in [0.25, 0.3) is 0 Å². The molecule has 2 rings (SSSR count). The molecule has 0 amide bonds. The lowest BCUT2D eigenvalue weighted by Gasteiger charge is -2.14. The number of sulfonamides is 1. The molecule has 0 bridgehead atoms. The van der Waals surface area contributed by atoms with E-state index in [4.69, 9.17) is 0 Å². The van der Waals surface area contributed by atoms with Crippen LogP contribution in [0.15, 0.2) is 47.5 Å². The molecule has 0 fully saturated rings. The van der Waals surface area contributed by atoms with Crippen molar-refractivity contribution in [3.05, 3.63) is 59.4 Å². The van der Waals surface area contributed by atoms with Crippen molar-refractivity contribution in [2.45, 2.75) is 23.8 Å². The van der Waals surface area contributed by atoms with Crippen molar-refractivity contribution < 1.29 is 34.8 Å². The fraction of sp³-hybridized carbons (Fsp3) is 0.214. The van der Waals surface area contributed by atoms with Gasteiger partial charge in [-0.25, -0.2) is 13.1 Å². The molecule has 1 aromatic carbocycles. The number of aromatic nitrogens is 1. The van der Waals surface area contributed by atoms with Gasteiger partial charge in [-0.05, 0) is 30.3 Å². The number of pyridine rings is 1. The first kappa shape index (κ1) is 19.2. The highest BCUT2D eigenvalue weighted by Crippen LogP contribution is 2.37. The van der Waals surface area contributed by atoms with E-state index in [1.54, 1.807) is 12.1 Å². The van der Waals surface area contributed by atoms with Crippen LogP contribution in [0.4, 0.5) is 26.3 Å². The summed E-state index contributed by atoms with van der Waals surface area (Å²) in [6.45, 7) is -0.388. The minimum absolute atomic E-state index is 0.141. The second-order valence-corrected chi connectivity index (χ2v) is 6.65. The van der Waals surface area contributed by atoms with Gasteiger partial charge in [-0.2, -0.15) is 26.3 Å². The SMILES string of the molecule is O=S(=O)(NCc1ccccn1)c1cc(C(F)(F)F)cc(C(F)(F)F)c1. The van der Waals surface area contributed by atoms with Gasteiger partial charge in [0.15, 0.2) is 0 Å². The van der Waals surface area contributed by atoms with Gasteiger partial charge >= 0.3 is 12.4 Å². The molecular formula is C14H10F6N2O2S. The third-order valence-corrected chi connectivity index (χ3v) is 4.42. The van der Waals surface area contributed by atoms with Crippen molar-refractivity contribution in [1.29, 1.82) is 0 Å². The summed E-state index contributed by atoms with van der Waals surface area (Å²) in [6.07, 6.45) is -8.91. The minimum Gasteiger partial charge on any atom is -0.260 e. The molecule has 0 radical (unpaired) electrons. The van der Waals surface area contributed by atoms with Crippen LogP contribution in [0.3, 0.4) is 0 Å². The summed E-state index contributed by atoms with van der Waals surface area (Å²) >= 11 is 0. The van der Waals surface area contributed by atoms with E-state index in [-0.39, 0.29) is 30.4 Å². The van der Waals surface area contributed by atoms with E-state index in [9.17, 15) is 34.8 Å².